The van der Waals surface area contributed by atoms with E-state index in [1.807, 2.05) is 30.4 Å². The Morgan fingerprint density at radius 3 is 2.63 bits per heavy atom. The minimum absolute atomic E-state index is 0.202. The molecule has 7 heteroatoms. The van der Waals surface area contributed by atoms with Crippen molar-refractivity contribution in [1.29, 1.82) is 0 Å². The van der Waals surface area contributed by atoms with E-state index in [2.05, 4.69) is 5.32 Å². The summed E-state index contributed by atoms with van der Waals surface area (Å²) in [6, 6.07) is 12.4. The number of amides is 3. The monoisotopic (exact) mass is 366 g/mol. The number of hydrogen-bond donors (Lipinski definition) is 2. The van der Waals surface area contributed by atoms with E-state index in [0.29, 0.717) is 5.69 Å². The molecule has 5 rings (SSSR count). The van der Waals surface area contributed by atoms with E-state index in [-0.39, 0.29) is 23.5 Å². The van der Waals surface area contributed by atoms with Crippen molar-refractivity contribution in [2.24, 2.45) is 11.8 Å². The van der Waals surface area contributed by atoms with Crippen LogP contribution in [0.15, 0.2) is 48.5 Å². The number of carbonyl (C=O) groups is 3. The molecule has 0 saturated carbocycles. The van der Waals surface area contributed by atoms with Gasteiger partial charge in [0.2, 0.25) is 17.4 Å². The largest absolute Gasteiger partial charge is 0.326 e. The molecule has 6 nitrogen and oxygen atoms in total. The van der Waals surface area contributed by atoms with E-state index in [0.717, 1.165) is 10.5 Å². The molecular weight excluding hydrogens is 349 g/mol. The number of benzene rings is 2. The third kappa shape index (κ3) is 1.89. The molecule has 3 aliphatic rings. The second kappa shape index (κ2) is 5.23. The van der Waals surface area contributed by atoms with Crippen LogP contribution in [0.25, 0.3) is 0 Å². The number of hydrogen-bond acceptors (Lipinski definition) is 3. The SMILES string of the molecule is C[C@H]1[NH2+][C@@]2(C(=O)Nc3ccccc32)[C@H]2C(=O)N(c3cccc(F)c3)C(=O)[C@H]12. The van der Waals surface area contributed by atoms with Crippen LogP contribution in [0.2, 0.25) is 0 Å². The predicted octanol–water partition coefficient (Wildman–Crippen LogP) is 0.744. The summed E-state index contributed by atoms with van der Waals surface area (Å²) in [6.45, 7) is 1.85. The number of rotatable bonds is 1. The average Bonchev–Trinajstić information content (AvgIpc) is 3.20. The lowest BCUT2D eigenvalue weighted by atomic mass is 9.76. The minimum Gasteiger partial charge on any atom is -0.326 e. The standard InChI is InChI=1S/C20H16FN3O3/c1-10-15-16(18(26)24(17(15)25)12-6-4-5-11(21)9-12)20(23-10)13-7-2-3-8-14(13)22-19(20)27/h2-10,15-16,23H,1H3,(H,22,27)/p+1/t10-,15-,16-,20-/m1/s1. The van der Waals surface area contributed by atoms with Crippen molar-refractivity contribution in [1.82, 2.24) is 0 Å². The first-order valence-corrected chi connectivity index (χ1v) is 8.85. The van der Waals surface area contributed by atoms with Gasteiger partial charge in [-0.15, -0.1) is 0 Å². The summed E-state index contributed by atoms with van der Waals surface area (Å²) in [5.41, 5.74) is 0.413. The number of nitrogens with two attached hydrogens (primary N) is 1. The summed E-state index contributed by atoms with van der Waals surface area (Å²) >= 11 is 0. The molecule has 3 amide bonds. The highest BCUT2D eigenvalue weighted by atomic mass is 19.1. The number of halogens is 1. The predicted molar refractivity (Wildman–Crippen MR) is 94.0 cm³/mol. The normalized spacial score (nSPS) is 31.4. The summed E-state index contributed by atoms with van der Waals surface area (Å²) in [5, 5.41) is 4.69. The minimum atomic E-state index is -1.17. The van der Waals surface area contributed by atoms with Gasteiger partial charge in [0.1, 0.15) is 17.7 Å². The second-order valence-corrected chi connectivity index (χ2v) is 7.39. The van der Waals surface area contributed by atoms with Crippen LogP contribution in [0, 0.1) is 17.7 Å². The fraction of sp³-hybridized carbons (Fsp3) is 0.250. The zero-order chi connectivity index (χ0) is 18.9. The molecule has 0 aromatic heterocycles. The highest BCUT2D eigenvalue weighted by Crippen LogP contribution is 2.49. The molecular formula is C20H17FN3O3+. The van der Waals surface area contributed by atoms with E-state index < -0.39 is 29.1 Å². The van der Waals surface area contributed by atoms with Gasteiger partial charge in [0, 0.05) is 5.56 Å². The van der Waals surface area contributed by atoms with Crippen LogP contribution >= 0.6 is 0 Å². The molecule has 0 radical (unpaired) electrons. The van der Waals surface area contributed by atoms with E-state index in [9.17, 15) is 18.8 Å². The lowest BCUT2D eigenvalue weighted by Gasteiger charge is -2.25. The Hall–Kier alpha value is -3.06. The number of carbonyl (C=O) groups excluding carboxylic acids is 3. The van der Waals surface area contributed by atoms with Crippen molar-refractivity contribution < 1.29 is 24.1 Å². The van der Waals surface area contributed by atoms with Gasteiger partial charge >= 0.3 is 0 Å². The average molecular weight is 366 g/mol. The zero-order valence-electron chi connectivity index (χ0n) is 14.5. The third-order valence-corrected chi connectivity index (χ3v) is 6.00. The van der Waals surface area contributed by atoms with Crippen molar-refractivity contribution in [3.63, 3.8) is 0 Å². The fourth-order valence-electron chi connectivity index (χ4n) is 4.97. The van der Waals surface area contributed by atoms with Crippen LogP contribution in [-0.4, -0.2) is 23.8 Å². The number of quaternary nitrogens is 1. The molecule has 2 aromatic carbocycles. The van der Waals surface area contributed by atoms with Gasteiger partial charge in [0.15, 0.2) is 0 Å². The number of imide groups is 1. The Morgan fingerprint density at radius 1 is 1.07 bits per heavy atom. The Morgan fingerprint density at radius 2 is 1.85 bits per heavy atom. The topological polar surface area (TPSA) is 83.1 Å². The summed E-state index contributed by atoms with van der Waals surface area (Å²) in [6.07, 6.45) is 0. The Bertz CT molecular complexity index is 1020. The summed E-state index contributed by atoms with van der Waals surface area (Å²) < 4.78 is 13.7. The van der Waals surface area contributed by atoms with E-state index in [1.165, 1.54) is 24.3 Å². The zero-order valence-corrected chi connectivity index (χ0v) is 14.5. The third-order valence-electron chi connectivity index (χ3n) is 6.00. The van der Waals surface area contributed by atoms with Gasteiger partial charge in [-0.1, -0.05) is 24.3 Å². The number of nitrogens with zero attached hydrogens (tertiary/aromatic N) is 1. The van der Waals surface area contributed by atoms with Crippen LogP contribution in [0.5, 0.6) is 0 Å². The number of nitrogens with one attached hydrogen (secondary N) is 1. The Kier molecular flexibility index (Phi) is 3.13. The first kappa shape index (κ1) is 16.1. The second-order valence-electron chi connectivity index (χ2n) is 7.39. The Balaban J connectivity index is 1.67. The van der Waals surface area contributed by atoms with Crippen molar-refractivity contribution in [3.8, 4) is 0 Å². The molecule has 3 aliphatic heterocycles. The molecule has 136 valence electrons. The molecule has 3 heterocycles. The lowest BCUT2D eigenvalue weighted by molar-refractivity contribution is -0.730. The van der Waals surface area contributed by atoms with Gasteiger partial charge in [0.05, 0.1) is 17.4 Å². The first-order chi connectivity index (χ1) is 12.9. The van der Waals surface area contributed by atoms with Crippen LogP contribution in [0.3, 0.4) is 0 Å². The van der Waals surface area contributed by atoms with Crippen molar-refractivity contribution >= 4 is 29.1 Å². The van der Waals surface area contributed by atoms with Gasteiger partial charge in [-0.05, 0) is 31.2 Å². The van der Waals surface area contributed by atoms with Gasteiger partial charge in [-0.2, -0.15) is 0 Å². The van der Waals surface area contributed by atoms with E-state index >= 15 is 0 Å². The molecule has 3 N–H and O–H groups in total. The summed E-state index contributed by atoms with van der Waals surface area (Å²) in [7, 11) is 0. The Labute approximate surface area is 154 Å². The van der Waals surface area contributed by atoms with Crippen molar-refractivity contribution in [3.05, 3.63) is 59.9 Å². The molecule has 2 fully saturated rings. The van der Waals surface area contributed by atoms with Crippen LogP contribution in [0.1, 0.15) is 12.5 Å². The van der Waals surface area contributed by atoms with Gasteiger partial charge < -0.3 is 10.6 Å². The van der Waals surface area contributed by atoms with Crippen molar-refractivity contribution in [2.75, 3.05) is 10.2 Å². The molecule has 2 saturated heterocycles. The van der Waals surface area contributed by atoms with Gasteiger partial charge in [-0.3, -0.25) is 14.4 Å². The fourth-order valence-corrected chi connectivity index (χ4v) is 4.97. The number of anilines is 2. The number of para-hydroxylation sites is 1. The summed E-state index contributed by atoms with van der Waals surface area (Å²) in [4.78, 5) is 40.5. The number of fused-ring (bicyclic) bond motifs is 4. The van der Waals surface area contributed by atoms with Gasteiger partial charge in [-0.25, -0.2) is 9.29 Å². The molecule has 0 aliphatic carbocycles. The molecule has 4 atom stereocenters. The maximum absolute atomic E-state index is 13.7. The lowest BCUT2D eigenvalue weighted by Crippen LogP contribution is -2.98. The highest BCUT2D eigenvalue weighted by Gasteiger charge is 2.73. The van der Waals surface area contributed by atoms with Crippen LogP contribution < -0.4 is 15.5 Å². The molecule has 2 aromatic rings. The highest BCUT2D eigenvalue weighted by molar-refractivity contribution is 6.25. The van der Waals surface area contributed by atoms with Gasteiger partial charge in [0.25, 0.3) is 5.91 Å². The maximum atomic E-state index is 13.7. The van der Waals surface area contributed by atoms with E-state index in [4.69, 9.17) is 0 Å². The molecule has 0 bridgehead atoms. The van der Waals surface area contributed by atoms with Crippen molar-refractivity contribution in [2.45, 2.75) is 18.5 Å². The van der Waals surface area contributed by atoms with Crippen LogP contribution in [-0.2, 0) is 19.9 Å². The quantitative estimate of drug-likeness (QED) is 0.731. The summed E-state index contributed by atoms with van der Waals surface area (Å²) in [5.74, 6) is -3.12. The van der Waals surface area contributed by atoms with E-state index in [1.54, 1.807) is 6.07 Å². The molecule has 1 spiro atoms. The first-order valence-electron chi connectivity index (χ1n) is 8.85. The maximum Gasteiger partial charge on any atom is 0.291 e. The molecule has 0 unspecified atom stereocenters. The molecule has 27 heavy (non-hydrogen) atoms. The smallest absolute Gasteiger partial charge is 0.291 e. The van der Waals surface area contributed by atoms with Crippen LogP contribution in [0.4, 0.5) is 15.8 Å².